The lowest BCUT2D eigenvalue weighted by Crippen LogP contribution is -2.09. The van der Waals surface area contributed by atoms with Crippen molar-refractivity contribution < 1.29 is 9.90 Å². The fourth-order valence-corrected chi connectivity index (χ4v) is 2.39. The van der Waals surface area contributed by atoms with Gasteiger partial charge in [0.25, 0.3) is 0 Å². The number of aromatic nitrogens is 4. The van der Waals surface area contributed by atoms with Gasteiger partial charge in [0.15, 0.2) is 5.16 Å². The maximum absolute atomic E-state index is 10.6. The Morgan fingerprint density at radius 1 is 1.58 bits per heavy atom. The second-order valence-corrected chi connectivity index (χ2v) is 5.20. The van der Waals surface area contributed by atoms with Gasteiger partial charge in [-0.05, 0) is 24.6 Å². The zero-order valence-electron chi connectivity index (χ0n) is 10.4. The van der Waals surface area contributed by atoms with Crippen LogP contribution < -0.4 is 5.32 Å². The monoisotopic (exact) mass is 279 g/mol. The van der Waals surface area contributed by atoms with E-state index in [9.17, 15) is 4.79 Å². The van der Waals surface area contributed by atoms with Gasteiger partial charge in [-0.2, -0.15) is 0 Å². The Kier molecular flexibility index (Phi) is 4.00. The molecule has 0 bridgehead atoms. The Hall–Kier alpha value is -2.09. The van der Waals surface area contributed by atoms with Gasteiger partial charge in [0.1, 0.15) is 12.1 Å². The average molecular weight is 279 g/mol. The van der Waals surface area contributed by atoms with Crippen molar-refractivity contribution in [3.05, 3.63) is 30.2 Å². The number of hydrogen-bond acceptors (Lipinski definition) is 5. The van der Waals surface area contributed by atoms with Crippen molar-refractivity contribution in [1.29, 1.82) is 0 Å². The summed E-state index contributed by atoms with van der Waals surface area (Å²) in [7, 11) is 1.87. The lowest BCUT2D eigenvalue weighted by Gasteiger charge is -2.11. The molecule has 100 valence electrons. The minimum Gasteiger partial charge on any atom is -0.465 e. The SMILES string of the molecule is CC(Sc1nncn1C)c1ccnc(NC(=O)O)c1. The topological polar surface area (TPSA) is 92.9 Å². The molecule has 0 saturated carbocycles. The maximum Gasteiger partial charge on any atom is 0.410 e. The van der Waals surface area contributed by atoms with Gasteiger partial charge < -0.3 is 9.67 Å². The molecular weight excluding hydrogens is 266 g/mol. The summed E-state index contributed by atoms with van der Waals surface area (Å²) in [6.07, 6.45) is 2.09. The summed E-state index contributed by atoms with van der Waals surface area (Å²) in [5.74, 6) is 0.315. The van der Waals surface area contributed by atoms with Crippen molar-refractivity contribution in [2.75, 3.05) is 5.32 Å². The smallest absolute Gasteiger partial charge is 0.410 e. The van der Waals surface area contributed by atoms with E-state index in [0.717, 1.165) is 10.7 Å². The molecule has 0 aromatic carbocycles. The van der Waals surface area contributed by atoms with Crippen LogP contribution in [-0.2, 0) is 7.05 Å². The molecule has 1 amide bonds. The molecule has 2 heterocycles. The molecule has 8 heteroatoms. The standard InChI is InChI=1S/C11H13N5O2S/c1-7(19-10-15-13-6-16(10)2)8-3-4-12-9(5-8)14-11(17)18/h3-7H,1-2H3,(H,12,14)(H,17,18). The third kappa shape index (κ3) is 3.44. The van der Waals surface area contributed by atoms with E-state index in [2.05, 4.69) is 20.5 Å². The molecule has 2 rings (SSSR count). The first-order valence-electron chi connectivity index (χ1n) is 5.53. The minimum atomic E-state index is -1.13. The van der Waals surface area contributed by atoms with E-state index in [0.29, 0.717) is 5.82 Å². The summed E-state index contributed by atoms with van der Waals surface area (Å²) in [6, 6.07) is 3.56. The van der Waals surface area contributed by atoms with E-state index in [4.69, 9.17) is 5.11 Å². The third-order valence-electron chi connectivity index (χ3n) is 2.44. The number of thioether (sulfide) groups is 1. The highest BCUT2D eigenvalue weighted by atomic mass is 32.2. The lowest BCUT2D eigenvalue weighted by molar-refractivity contribution is 0.209. The van der Waals surface area contributed by atoms with Crippen LogP contribution in [0.1, 0.15) is 17.7 Å². The Labute approximate surface area is 114 Å². The van der Waals surface area contributed by atoms with Gasteiger partial charge in [-0.25, -0.2) is 9.78 Å². The van der Waals surface area contributed by atoms with Crippen LogP contribution in [0.2, 0.25) is 0 Å². The van der Waals surface area contributed by atoms with Crippen LogP contribution in [0.15, 0.2) is 29.8 Å². The van der Waals surface area contributed by atoms with Crippen LogP contribution in [0.5, 0.6) is 0 Å². The molecule has 19 heavy (non-hydrogen) atoms. The van der Waals surface area contributed by atoms with Crippen LogP contribution in [-0.4, -0.2) is 30.9 Å². The molecule has 1 atom stereocenters. The molecule has 0 aliphatic rings. The van der Waals surface area contributed by atoms with E-state index in [-0.39, 0.29) is 5.25 Å². The first-order valence-corrected chi connectivity index (χ1v) is 6.41. The number of amides is 1. The van der Waals surface area contributed by atoms with E-state index in [1.54, 1.807) is 30.4 Å². The summed E-state index contributed by atoms with van der Waals surface area (Å²) < 4.78 is 1.83. The largest absolute Gasteiger partial charge is 0.465 e. The van der Waals surface area contributed by atoms with E-state index >= 15 is 0 Å². The van der Waals surface area contributed by atoms with Gasteiger partial charge in [-0.1, -0.05) is 11.8 Å². The second kappa shape index (κ2) is 5.70. The number of rotatable bonds is 4. The molecule has 0 aliphatic heterocycles. The highest BCUT2D eigenvalue weighted by molar-refractivity contribution is 7.99. The van der Waals surface area contributed by atoms with Crippen molar-refractivity contribution in [2.24, 2.45) is 7.05 Å². The highest BCUT2D eigenvalue weighted by Crippen LogP contribution is 2.33. The van der Waals surface area contributed by atoms with Crippen LogP contribution in [0.4, 0.5) is 10.6 Å². The fraction of sp³-hybridized carbons (Fsp3) is 0.273. The summed E-state index contributed by atoms with van der Waals surface area (Å²) in [5, 5.41) is 19.6. The quantitative estimate of drug-likeness (QED) is 0.833. The van der Waals surface area contributed by atoms with Gasteiger partial charge in [0.05, 0.1) is 0 Å². The first kappa shape index (κ1) is 13.3. The Morgan fingerprint density at radius 3 is 3.00 bits per heavy atom. The summed E-state index contributed by atoms with van der Waals surface area (Å²) in [5.41, 5.74) is 0.965. The normalized spacial score (nSPS) is 12.1. The predicted molar refractivity (Wildman–Crippen MR) is 71.2 cm³/mol. The minimum absolute atomic E-state index is 0.111. The van der Waals surface area contributed by atoms with Crippen molar-refractivity contribution in [2.45, 2.75) is 17.3 Å². The van der Waals surface area contributed by atoms with E-state index in [1.807, 2.05) is 24.6 Å². The Bertz CT molecular complexity index is 586. The number of anilines is 1. The zero-order chi connectivity index (χ0) is 13.8. The van der Waals surface area contributed by atoms with Gasteiger partial charge in [-0.3, -0.25) is 5.32 Å². The molecular formula is C11H13N5O2S. The number of nitrogens with one attached hydrogen (secondary N) is 1. The van der Waals surface area contributed by atoms with Crippen molar-refractivity contribution in [3.63, 3.8) is 0 Å². The van der Waals surface area contributed by atoms with Crippen LogP contribution in [0, 0.1) is 0 Å². The predicted octanol–water partition coefficient (Wildman–Crippen LogP) is 2.15. The fourth-order valence-electron chi connectivity index (χ4n) is 1.48. The molecule has 0 aliphatic carbocycles. The Morgan fingerprint density at radius 2 is 2.37 bits per heavy atom. The molecule has 2 aromatic rings. The van der Waals surface area contributed by atoms with Gasteiger partial charge >= 0.3 is 6.09 Å². The van der Waals surface area contributed by atoms with Crippen LogP contribution in [0.3, 0.4) is 0 Å². The summed E-state index contributed by atoms with van der Waals surface area (Å²) in [6.45, 7) is 2.01. The lowest BCUT2D eigenvalue weighted by atomic mass is 10.2. The molecule has 7 nitrogen and oxygen atoms in total. The molecule has 0 radical (unpaired) electrons. The molecule has 0 spiro atoms. The number of nitrogens with zero attached hydrogens (tertiary/aromatic N) is 4. The van der Waals surface area contributed by atoms with Crippen molar-refractivity contribution in [1.82, 2.24) is 19.7 Å². The van der Waals surface area contributed by atoms with Crippen molar-refractivity contribution in [3.8, 4) is 0 Å². The number of hydrogen-bond donors (Lipinski definition) is 2. The van der Waals surface area contributed by atoms with E-state index < -0.39 is 6.09 Å². The average Bonchev–Trinajstić information content (AvgIpc) is 2.74. The first-order chi connectivity index (χ1) is 9.06. The molecule has 2 aromatic heterocycles. The Balaban J connectivity index is 2.12. The molecule has 0 saturated heterocycles. The summed E-state index contributed by atoms with van der Waals surface area (Å²) in [4.78, 5) is 14.5. The van der Waals surface area contributed by atoms with Crippen molar-refractivity contribution >= 4 is 23.7 Å². The highest BCUT2D eigenvalue weighted by Gasteiger charge is 2.12. The van der Waals surface area contributed by atoms with Gasteiger partial charge in [0.2, 0.25) is 0 Å². The zero-order valence-corrected chi connectivity index (χ0v) is 11.3. The van der Waals surface area contributed by atoms with Gasteiger partial charge in [0, 0.05) is 18.5 Å². The number of aryl methyl sites for hydroxylation is 1. The number of carbonyl (C=O) groups is 1. The molecule has 2 N–H and O–H groups in total. The molecule has 1 unspecified atom stereocenters. The van der Waals surface area contributed by atoms with Crippen LogP contribution in [0.25, 0.3) is 0 Å². The third-order valence-corrected chi connectivity index (χ3v) is 3.65. The molecule has 0 fully saturated rings. The maximum atomic E-state index is 10.6. The second-order valence-electron chi connectivity index (χ2n) is 3.89. The number of pyridine rings is 1. The summed E-state index contributed by atoms with van der Waals surface area (Å²) >= 11 is 1.54. The van der Waals surface area contributed by atoms with Crippen LogP contribution >= 0.6 is 11.8 Å². The number of carboxylic acid groups (broad SMARTS) is 1. The van der Waals surface area contributed by atoms with Gasteiger partial charge in [-0.15, -0.1) is 10.2 Å². The van der Waals surface area contributed by atoms with E-state index in [1.165, 1.54) is 0 Å².